The first kappa shape index (κ1) is 13.0. The van der Waals surface area contributed by atoms with Crippen LogP contribution < -0.4 is 5.73 Å². The summed E-state index contributed by atoms with van der Waals surface area (Å²) >= 11 is 0. The molecule has 1 rings (SSSR count). The van der Waals surface area contributed by atoms with Gasteiger partial charge in [-0.3, -0.25) is 4.90 Å². The van der Waals surface area contributed by atoms with Gasteiger partial charge in [-0.1, -0.05) is 33.6 Å². The molecule has 0 aliphatic carbocycles. The lowest BCUT2D eigenvalue weighted by atomic mass is 9.88. The molecule has 3 unspecified atom stereocenters. The van der Waals surface area contributed by atoms with Gasteiger partial charge in [0.15, 0.2) is 0 Å². The highest BCUT2D eigenvalue weighted by Crippen LogP contribution is 2.25. The number of piperidine rings is 1. The van der Waals surface area contributed by atoms with Gasteiger partial charge in [0.25, 0.3) is 0 Å². The molecule has 2 N–H and O–H groups in total. The van der Waals surface area contributed by atoms with Crippen LogP contribution in [0.4, 0.5) is 0 Å². The highest BCUT2D eigenvalue weighted by Gasteiger charge is 2.26. The van der Waals surface area contributed by atoms with Gasteiger partial charge in [-0.05, 0) is 31.2 Å². The third-order valence-corrected chi connectivity index (χ3v) is 4.04. The van der Waals surface area contributed by atoms with Crippen molar-refractivity contribution in [3.05, 3.63) is 0 Å². The van der Waals surface area contributed by atoms with E-state index in [4.69, 9.17) is 5.73 Å². The van der Waals surface area contributed by atoms with Gasteiger partial charge in [0, 0.05) is 19.1 Å². The van der Waals surface area contributed by atoms with Crippen LogP contribution in [0.1, 0.15) is 46.5 Å². The van der Waals surface area contributed by atoms with Crippen molar-refractivity contribution in [3.63, 3.8) is 0 Å². The van der Waals surface area contributed by atoms with Crippen LogP contribution in [0.3, 0.4) is 0 Å². The Morgan fingerprint density at radius 1 is 1.40 bits per heavy atom. The fourth-order valence-corrected chi connectivity index (χ4v) is 2.57. The van der Waals surface area contributed by atoms with Gasteiger partial charge >= 0.3 is 0 Å². The molecule has 2 heteroatoms. The molecule has 1 saturated heterocycles. The number of likely N-dealkylation sites (tertiary alicyclic amines) is 1. The molecule has 3 atom stereocenters. The molecule has 0 aromatic heterocycles. The van der Waals surface area contributed by atoms with E-state index < -0.39 is 0 Å². The fourth-order valence-electron chi connectivity index (χ4n) is 2.57. The summed E-state index contributed by atoms with van der Waals surface area (Å²) in [6.45, 7) is 10.3. The lowest BCUT2D eigenvalue weighted by Crippen LogP contribution is -2.48. The SMILES string of the molecule is CCC(C)CN1CCC(CC)CC1CN. The Hall–Kier alpha value is -0.0800. The summed E-state index contributed by atoms with van der Waals surface area (Å²) in [5.74, 6) is 1.74. The predicted octanol–water partition coefficient (Wildman–Crippen LogP) is 2.48. The molecular weight excluding hydrogens is 184 g/mol. The number of rotatable bonds is 5. The standard InChI is InChI=1S/C13H28N2/c1-4-11(3)10-15-7-6-12(5-2)8-13(15)9-14/h11-13H,4-10,14H2,1-3H3. The smallest absolute Gasteiger partial charge is 0.0221 e. The second-order valence-corrected chi connectivity index (χ2v) is 5.20. The molecule has 0 aromatic rings. The number of hydrogen-bond donors (Lipinski definition) is 1. The maximum absolute atomic E-state index is 5.89. The van der Waals surface area contributed by atoms with Gasteiger partial charge in [0.05, 0.1) is 0 Å². The van der Waals surface area contributed by atoms with Crippen LogP contribution in [0.15, 0.2) is 0 Å². The minimum Gasteiger partial charge on any atom is -0.329 e. The van der Waals surface area contributed by atoms with E-state index in [1.54, 1.807) is 0 Å². The Balaban J connectivity index is 2.43. The molecule has 2 nitrogen and oxygen atoms in total. The monoisotopic (exact) mass is 212 g/mol. The average molecular weight is 212 g/mol. The normalized spacial score (nSPS) is 30.4. The number of nitrogens with two attached hydrogens (primary N) is 1. The summed E-state index contributed by atoms with van der Waals surface area (Å²) in [6.07, 6.45) is 5.31. The van der Waals surface area contributed by atoms with Crippen LogP contribution in [0.5, 0.6) is 0 Å². The number of hydrogen-bond acceptors (Lipinski definition) is 2. The summed E-state index contributed by atoms with van der Waals surface area (Å²) in [4.78, 5) is 2.63. The zero-order chi connectivity index (χ0) is 11.3. The van der Waals surface area contributed by atoms with E-state index in [-0.39, 0.29) is 0 Å². The van der Waals surface area contributed by atoms with Gasteiger partial charge in [0.1, 0.15) is 0 Å². The molecule has 1 aliphatic rings. The fraction of sp³-hybridized carbons (Fsp3) is 1.00. The Bertz CT molecular complexity index is 170. The van der Waals surface area contributed by atoms with E-state index in [1.165, 1.54) is 38.8 Å². The van der Waals surface area contributed by atoms with Gasteiger partial charge in [-0.15, -0.1) is 0 Å². The molecule has 0 aromatic carbocycles. The molecule has 1 aliphatic heterocycles. The largest absolute Gasteiger partial charge is 0.329 e. The van der Waals surface area contributed by atoms with Crippen molar-refractivity contribution in [1.29, 1.82) is 0 Å². The highest BCUT2D eigenvalue weighted by molar-refractivity contribution is 4.82. The van der Waals surface area contributed by atoms with Crippen molar-refractivity contribution in [1.82, 2.24) is 4.90 Å². The molecule has 90 valence electrons. The zero-order valence-electron chi connectivity index (χ0n) is 10.7. The molecule has 0 spiro atoms. The van der Waals surface area contributed by atoms with Crippen LogP contribution >= 0.6 is 0 Å². The van der Waals surface area contributed by atoms with Gasteiger partial charge in [-0.25, -0.2) is 0 Å². The van der Waals surface area contributed by atoms with Crippen LogP contribution in [0.25, 0.3) is 0 Å². The molecule has 0 saturated carbocycles. The van der Waals surface area contributed by atoms with Crippen molar-refractivity contribution >= 4 is 0 Å². The third-order valence-electron chi connectivity index (χ3n) is 4.04. The Labute approximate surface area is 95.2 Å². The van der Waals surface area contributed by atoms with E-state index in [1.807, 2.05) is 0 Å². The van der Waals surface area contributed by atoms with Crippen LogP contribution in [0, 0.1) is 11.8 Å². The Morgan fingerprint density at radius 3 is 2.67 bits per heavy atom. The molecule has 0 bridgehead atoms. The summed E-state index contributed by atoms with van der Waals surface area (Å²) in [5.41, 5.74) is 5.89. The van der Waals surface area contributed by atoms with E-state index in [2.05, 4.69) is 25.7 Å². The van der Waals surface area contributed by atoms with E-state index in [0.29, 0.717) is 6.04 Å². The van der Waals surface area contributed by atoms with Crippen LogP contribution in [-0.2, 0) is 0 Å². The van der Waals surface area contributed by atoms with Gasteiger partial charge in [0.2, 0.25) is 0 Å². The number of nitrogens with zero attached hydrogens (tertiary/aromatic N) is 1. The molecule has 1 heterocycles. The van der Waals surface area contributed by atoms with Gasteiger partial charge in [-0.2, -0.15) is 0 Å². The zero-order valence-corrected chi connectivity index (χ0v) is 10.7. The lowest BCUT2D eigenvalue weighted by molar-refractivity contribution is 0.0986. The first-order valence-electron chi connectivity index (χ1n) is 6.65. The van der Waals surface area contributed by atoms with E-state index >= 15 is 0 Å². The minimum absolute atomic E-state index is 0.651. The molecule has 0 radical (unpaired) electrons. The second-order valence-electron chi connectivity index (χ2n) is 5.20. The van der Waals surface area contributed by atoms with Gasteiger partial charge < -0.3 is 5.73 Å². The first-order valence-corrected chi connectivity index (χ1v) is 6.65. The Morgan fingerprint density at radius 2 is 2.13 bits per heavy atom. The van der Waals surface area contributed by atoms with Crippen LogP contribution in [0.2, 0.25) is 0 Å². The second kappa shape index (κ2) is 6.49. The summed E-state index contributed by atoms with van der Waals surface area (Å²) in [5, 5.41) is 0. The third kappa shape index (κ3) is 3.76. The van der Waals surface area contributed by atoms with E-state index in [0.717, 1.165) is 18.4 Å². The summed E-state index contributed by atoms with van der Waals surface area (Å²) in [6, 6.07) is 0.651. The van der Waals surface area contributed by atoms with Crippen molar-refractivity contribution in [2.24, 2.45) is 17.6 Å². The molecule has 0 amide bonds. The Kier molecular flexibility index (Phi) is 5.62. The maximum Gasteiger partial charge on any atom is 0.0221 e. The van der Waals surface area contributed by atoms with Crippen molar-refractivity contribution in [3.8, 4) is 0 Å². The predicted molar refractivity (Wildman–Crippen MR) is 66.9 cm³/mol. The van der Waals surface area contributed by atoms with E-state index in [9.17, 15) is 0 Å². The van der Waals surface area contributed by atoms with Crippen LogP contribution in [-0.4, -0.2) is 30.6 Å². The molecule has 15 heavy (non-hydrogen) atoms. The topological polar surface area (TPSA) is 29.3 Å². The first-order chi connectivity index (χ1) is 7.21. The molecule has 1 fully saturated rings. The lowest BCUT2D eigenvalue weighted by Gasteiger charge is -2.40. The molecular formula is C13H28N2. The van der Waals surface area contributed by atoms with Crippen molar-refractivity contribution in [2.75, 3.05) is 19.6 Å². The highest BCUT2D eigenvalue weighted by atomic mass is 15.2. The summed E-state index contributed by atoms with van der Waals surface area (Å²) in [7, 11) is 0. The minimum atomic E-state index is 0.651. The summed E-state index contributed by atoms with van der Waals surface area (Å²) < 4.78 is 0. The quantitative estimate of drug-likeness (QED) is 0.758. The van der Waals surface area contributed by atoms with Crippen molar-refractivity contribution < 1.29 is 0 Å². The van der Waals surface area contributed by atoms with Crippen molar-refractivity contribution in [2.45, 2.75) is 52.5 Å². The maximum atomic E-state index is 5.89. The average Bonchev–Trinajstić information content (AvgIpc) is 2.29.